The monoisotopic (exact) mass is 267 g/mol. The number of hydrogen-bond acceptors (Lipinski definition) is 2. The molecule has 0 aliphatic heterocycles. The van der Waals surface area contributed by atoms with Crippen LogP contribution in [0.5, 0.6) is 0 Å². The Kier molecular flexibility index (Phi) is 2.91. The van der Waals surface area contributed by atoms with Gasteiger partial charge >= 0.3 is 5.97 Å². The molecule has 0 bridgehead atoms. The second-order valence-electron chi connectivity index (χ2n) is 4.40. The maximum Gasteiger partial charge on any atom is 0.336 e. The van der Waals surface area contributed by atoms with E-state index in [1.807, 2.05) is 6.07 Å². The van der Waals surface area contributed by atoms with Gasteiger partial charge in [-0.25, -0.2) is 9.18 Å². The third kappa shape index (κ3) is 2.01. The van der Waals surface area contributed by atoms with Gasteiger partial charge in [0.15, 0.2) is 0 Å². The van der Waals surface area contributed by atoms with E-state index in [0.717, 1.165) is 16.8 Å². The van der Waals surface area contributed by atoms with E-state index < -0.39 is 11.8 Å². The summed E-state index contributed by atoms with van der Waals surface area (Å²) in [6, 6.07) is 10.9. The van der Waals surface area contributed by atoms with Gasteiger partial charge in [0, 0.05) is 17.8 Å². The summed E-state index contributed by atoms with van der Waals surface area (Å²) in [5, 5.41) is 11.0. The molecular formula is C16H10FNO2. The second kappa shape index (κ2) is 4.74. The van der Waals surface area contributed by atoms with Crippen LogP contribution in [0.3, 0.4) is 0 Å². The molecule has 0 amide bonds. The lowest BCUT2D eigenvalue weighted by atomic mass is 9.95. The number of aromatic carboxylic acids is 1. The number of carboxylic acid groups (broad SMARTS) is 1. The molecule has 0 aliphatic carbocycles. The number of aromatic nitrogens is 1. The fourth-order valence-electron chi connectivity index (χ4n) is 2.28. The minimum Gasteiger partial charge on any atom is -0.478 e. The van der Waals surface area contributed by atoms with Crippen molar-refractivity contribution in [2.24, 2.45) is 0 Å². The normalized spacial score (nSPS) is 10.7. The predicted octanol–water partition coefficient (Wildman–Crippen LogP) is 3.74. The molecule has 3 nitrogen and oxygen atoms in total. The standard InChI is InChI=1S/C16H10FNO2/c17-11-4-5-14(16(19)20)15(8-11)13-3-1-2-10-9-18-7-6-12(10)13/h1-9H,(H,19,20). The molecular weight excluding hydrogens is 257 g/mol. The van der Waals surface area contributed by atoms with Crippen molar-refractivity contribution in [3.63, 3.8) is 0 Å². The van der Waals surface area contributed by atoms with Gasteiger partial charge in [0.1, 0.15) is 5.82 Å². The summed E-state index contributed by atoms with van der Waals surface area (Å²) >= 11 is 0. The number of halogens is 1. The average molecular weight is 267 g/mol. The Balaban J connectivity index is 2.36. The van der Waals surface area contributed by atoms with Crippen LogP contribution in [0, 0.1) is 5.82 Å². The molecule has 1 aromatic heterocycles. The minimum atomic E-state index is -1.08. The van der Waals surface area contributed by atoms with E-state index in [1.54, 1.807) is 30.6 Å². The zero-order chi connectivity index (χ0) is 14.1. The number of nitrogens with zero attached hydrogens (tertiary/aromatic N) is 1. The predicted molar refractivity (Wildman–Crippen MR) is 74.1 cm³/mol. The van der Waals surface area contributed by atoms with E-state index in [4.69, 9.17) is 0 Å². The van der Waals surface area contributed by atoms with Crippen molar-refractivity contribution >= 4 is 16.7 Å². The third-order valence-electron chi connectivity index (χ3n) is 3.18. The highest BCUT2D eigenvalue weighted by molar-refractivity contribution is 6.03. The van der Waals surface area contributed by atoms with E-state index in [0.29, 0.717) is 11.1 Å². The Morgan fingerprint density at radius 3 is 2.75 bits per heavy atom. The van der Waals surface area contributed by atoms with Crippen molar-refractivity contribution in [1.82, 2.24) is 4.98 Å². The number of pyridine rings is 1. The molecule has 1 heterocycles. The fourth-order valence-corrected chi connectivity index (χ4v) is 2.28. The highest BCUT2D eigenvalue weighted by atomic mass is 19.1. The van der Waals surface area contributed by atoms with Crippen molar-refractivity contribution in [3.8, 4) is 11.1 Å². The Morgan fingerprint density at radius 1 is 1.10 bits per heavy atom. The van der Waals surface area contributed by atoms with Crippen molar-refractivity contribution in [1.29, 1.82) is 0 Å². The van der Waals surface area contributed by atoms with Crippen LogP contribution < -0.4 is 0 Å². The Hall–Kier alpha value is -2.75. The highest BCUT2D eigenvalue weighted by Gasteiger charge is 2.14. The van der Waals surface area contributed by atoms with Gasteiger partial charge in [-0.1, -0.05) is 18.2 Å². The van der Waals surface area contributed by atoms with E-state index in [9.17, 15) is 14.3 Å². The molecule has 98 valence electrons. The van der Waals surface area contributed by atoms with Gasteiger partial charge in [-0.3, -0.25) is 4.98 Å². The number of hydrogen-bond donors (Lipinski definition) is 1. The molecule has 2 aromatic carbocycles. The summed E-state index contributed by atoms with van der Waals surface area (Å²) in [6.07, 6.45) is 3.32. The van der Waals surface area contributed by atoms with Crippen LogP contribution in [0.25, 0.3) is 21.9 Å². The van der Waals surface area contributed by atoms with Gasteiger partial charge < -0.3 is 5.11 Å². The van der Waals surface area contributed by atoms with Gasteiger partial charge in [0.2, 0.25) is 0 Å². The van der Waals surface area contributed by atoms with Crippen molar-refractivity contribution in [2.75, 3.05) is 0 Å². The first kappa shape index (κ1) is 12.3. The first-order valence-corrected chi connectivity index (χ1v) is 6.03. The largest absolute Gasteiger partial charge is 0.478 e. The fraction of sp³-hybridized carbons (Fsp3) is 0. The molecule has 0 atom stereocenters. The molecule has 0 aliphatic rings. The number of benzene rings is 2. The average Bonchev–Trinajstić information content (AvgIpc) is 2.46. The van der Waals surface area contributed by atoms with Crippen molar-refractivity contribution in [2.45, 2.75) is 0 Å². The molecule has 3 rings (SSSR count). The van der Waals surface area contributed by atoms with Crippen molar-refractivity contribution < 1.29 is 14.3 Å². The maximum atomic E-state index is 13.5. The number of rotatable bonds is 2. The lowest BCUT2D eigenvalue weighted by molar-refractivity contribution is 0.0697. The Morgan fingerprint density at radius 2 is 1.95 bits per heavy atom. The topological polar surface area (TPSA) is 50.2 Å². The molecule has 0 saturated heterocycles. The molecule has 1 N–H and O–H groups in total. The number of fused-ring (bicyclic) bond motifs is 1. The SMILES string of the molecule is O=C(O)c1ccc(F)cc1-c1cccc2cnccc12. The summed E-state index contributed by atoms with van der Waals surface area (Å²) in [4.78, 5) is 15.3. The molecule has 3 aromatic rings. The molecule has 0 saturated carbocycles. The number of carboxylic acids is 1. The number of carbonyl (C=O) groups is 1. The lowest BCUT2D eigenvalue weighted by Crippen LogP contribution is -2.00. The third-order valence-corrected chi connectivity index (χ3v) is 3.18. The quantitative estimate of drug-likeness (QED) is 0.769. The van der Waals surface area contributed by atoms with Gasteiger partial charge in [0.25, 0.3) is 0 Å². The molecule has 4 heteroatoms. The van der Waals surface area contributed by atoms with Crippen molar-refractivity contribution in [3.05, 3.63) is 66.2 Å². The molecule has 20 heavy (non-hydrogen) atoms. The molecule has 0 radical (unpaired) electrons. The minimum absolute atomic E-state index is 0.0794. The molecule has 0 fully saturated rings. The van der Waals surface area contributed by atoms with Gasteiger partial charge in [-0.2, -0.15) is 0 Å². The zero-order valence-corrected chi connectivity index (χ0v) is 10.4. The molecule has 0 spiro atoms. The van der Waals surface area contributed by atoms with E-state index >= 15 is 0 Å². The zero-order valence-electron chi connectivity index (χ0n) is 10.4. The smallest absolute Gasteiger partial charge is 0.336 e. The van der Waals surface area contributed by atoms with E-state index in [2.05, 4.69) is 4.98 Å². The molecule has 0 unspecified atom stereocenters. The van der Waals surface area contributed by atoms with Crippen LogP contribution >= 0.6 is 0 Å². The van der Waals surface area contributed by atoms with Crippen LogP contribution in [0.1, 0.15) is 10.4 Å². The summed E-state index contributed by atoms with van der Waals surface area (Å²) in [5.41, 5.74) is 1.13. The summed E-state index contributed by atoms with van der Waals surface area (Å²) in [7, 11) is 0. The first-order valence-electron chi connectivity index (χ1n) is 6.03. The van der Waals surface area contributed by atoms with Crippen LogP contribution in [-0.2, 0) is 0 Å². The van der Waals surface area contributed by atoms with E-state index in [-0.39, 0.29) is 5.56 Å². The van der Waals surface area contributed by atoms with Crippen LogP contribution in [-0.4, -0.2) is 16.1 Å². The van der Waals surface area contributed by atoms with Gasteiger partial charge in [0.05, 0.1) is 5.56 Å². The van der Waals surface area contributed by atoms with E-state index in [1.165, 1.54) is 12.1 Å². The summed E-state index contributed by atoms with van der Waals surface area (Å²) in [6.45, 7) is 0. The Bertz CT molecular complexity index is 809. The Labute approximate surface area is 114 Å². The lowest BCUT2D eigenvalue weighted by Gasteiger charge is -2.09. The highest BCUT2D eigenvalue weighted by Crippen LogP contribution is 2.31. The van der Waals surface area contributed by atoms with Gasteiger partial charge in [-0.05, 0) is 40.8 Å². The van der Waals surface area contributed by atoms with Crippen LogP contribution in [0.15, 0.2) is 54.9 Å². The van der Waals surface area contributed by atoms with Crippen LogP contribution in [0.4, 0.5) is 4.39 Å². The summed E-state index contributed by atoms with van der Waals surface area (Å²) < 4.78 is 13.5. The van der Waals surface area contributed by atoms with Gasteiger partial charge in [-0.15, -0.1) is 0 Å². The maximum absolute atomic E-state index is 13.5. The summed E-state index contributed by atoms with van der Waals surface area (Å²) in [5.74, 6) is -1.54. The van der Waals surface area contributed by atoms with Crippen LogP contribution in [0.2, 0.25) is 0 Å². The first-order chi connectivity index (χ1) is 9.66. The second-order valence-corrected chi connectivity index (χ2v) is 4.40.